The predicted molar refractivity (Wildman–Crippen MR) is 87.7 cm³/mol. The number of carbonyl (C=O) groups is 1. The molecule has 4 nitrogen and oxygen atoms in total. The summed E-state index contributed by atoms with van der Waals surface area (Å²) in [6.07, 6.45) is 5.15. The van der Waals surface area contributed by atoms with Gasteiger partial charge in [-0.2, -0.15) is 0 Å². The fourth-order valence-electron chi connectivity index (χ4n) is 3.04. The van der Waals surface area contributed by atoms with E-state index in [1.165, 1.54) is 32.4 Å². The van der Waals surface area contributed by atoms with Gasteiger partial charge in [0, 0.05) is 25.2 Å². The molecule has 1 amide bonds. The highest BCUT2D eigenvalue weighted by Crippen LogP contribution is 2.21. The number of hydrogen-bond donors (Lipinski definition) is 1. The zero-order valence-electron chi connectivity index (χ0n) is 12.6. The van der Waals surface area contributed by atoms with Crippen molar-refractivity contribution in [3.63, 3.8) is 0 Å². The Balaban J connectivity index is 0.00000180. The minimum atomic E-state index is -0.0508. The molecule has 3 atom stereocenters. The first kappa shape index (κ1) is 20.0. The first-order chi connectivity index (χ1) is 8.59. The third kappa shape index (κ3) is 4.76. The summed E-state index contributed by atoms with van der Waals surface area (Å²) >= 11 is 0. The minimum absolute atomic E-state index is 0. The molecule has 0 aromatic carbocycles. The second-order valence-electron chi connectivity index (χ2n) is 5.97. The van der Waals surface area contributed by atoms with Crippen molar-refractivity contribution < 1.29 is 4.79 Å². The van der Waals surface area contributed by atoms with Crippen molar-refractivity contribution in [2.45, 2.75) is 51.6 Å². The van der Waals surface area contributed by atoms with Crippen LogP contribution in [-0.2, 0) is 4.79 Å². The molecule has 20 heavy (non-hydrogen) atoms. The van der Waals surface area contributed by atoms with Crippen LogP contribution in [-0.4, -0.2) is 54.0 Å². The SMILES string of the molecule is CC(N)C(C)C(=O)N1CCC(N2CCCCC2)C1.Cl.Cl. The molecule has 0 spiro atoms. The number of carbonyl (C=O) groups excluding carboxylic acids is 1. The highest BCUT2D eigenvalue weighted by molar-refractivity contribution is 5.85. The molecule has 2 saturated heterocycles. The van der Waals surface area contributed by atoms with Gasteiger partial charge in [0.2, 0.25) is 5.91 Å². The van der Waals surface area contributed by atoms with Crippen LogP contribution in [0.15, 0.2) is 0 Å². The van der Waals surface area contributed by atoms with Crippen LogP contribution in [0.4, 0.5) is 0 Å². The standard InChI is InChI=1S/C14H27N3O.2ClH/c1-11(12(2)15)14(18)17-9-6-13(10-17)16-7-4-3-5-8-16;;/h11-13H,3-10,15H2,1-2H3;2*1H. The van der Waals surface area contributed by atoms with Gasteiger partial charge in [-0.15, -0.1) is 24.8 Å². The lowest BCUT2D eigenvalue weighted by Gasteiger charge is -2.32. The zero-order valence-corrected chi connectivity index (χ0v) is 14.2. The molecule has 2 N–H and O–H groups in total. The summed E-state index contributed by atoms with van der Waals surface area (Å²) in [6, 6.07) is 0.543. The van der Waals surface area contributed by atoms with E-state index in [4.69, 9.17) is 5.73 Å². The Kier molecular flexibility index (Phi) is 9.07. The molecule has 2 aliphatic heterocycles. The topological polar surface area (TPSA) is 49.6 Å². The average Bonchev–Trinajstić information content (AvgIpc) is 2.87. The van der Waals surface area contributed by atoms with Gasteiger partial charge in [-0.1, -0.05) is 13.3 Å². The van der Waals surface area contributed by atoms with Gasteiger partial charge in [-0.05, 0) is 39.3 Å². The lowest BCUT2D eigenvalue weighted by molar-refractivity contribution is -0.134. The van der Waals surface area contributed by atoms with Crippen LogP contribution in [0.3, 0.4) is 0 Å². The van der Waals surface area contributed by atoms with Gasteiger partial charge >= 0.3 is 0 Å². The van der Waals surface area contributed by atoms with Crippen molar-refractivity contribution in [3.8, 4) is 0 Å². The van der Waals surface area contributed by atoms with E-state index in [0.717, 1.165) is 19.5 Å². The molecule has 0 aliphatic carbocycles. The summed E-state index contributed by atoms with van der Waals surface area (Å²) in [5.41, 5.74) is 5.82. The number of nitrogens with two attached hydrogens (primary N) is 1. The maximum Gasteiger partial charge on any atom is 0.227 e. The summed E-state index contributed by atoms with van der Waals surface area (Å²) in [5.74, 6) is 0.189. The second-order valence-corrected chi connectivity index (χ2v) is 5.97. The summed E-state index contributed by atoms with van der Waals surface area (Å²) < 4.78 is 0. The van der Waals surface area contributed by atoms with Gasteiger partial charge in [-0.3, -0.25) is 9.69 Å². The van der Waals surface area contributed by atoms with Crippen molar-refractivity contribution in [1.29, 1.82) is 0 Å². The molecule has 0 saturated carbocycles. The van der Waals surface area contributed by atoms with Gasteiger partial charge in [0.05, 0.1) is 5.92 Å². The normalized spacial score (nSPS) is 26.4. The first-order valence-corrected chi connectivity index (χ1v) is 7.38. The molecule has 3 unspecified atom stereocenters. The minimum Gasteiger partial charge on any atom is -0.341 e. The van der Waals surface area contributed by atoms with E-state index >= 15 is 0 Å². The Bertz CT molecular complexity index is 296. The Morgan fingerprint density at radius 1 is 1.10 bits per heavy atom. The van der Waals surface area contributed by atoms with Gasteiger partial charge in [0.25, 0.3) is 0 Å². The highest BCUT2D eigenvalue weighted by atomic mass is 35.5. The maximum atomic E-state index is 12.2. The smallest absolute Gasteiger partial charge is 0.227 e. The molecule has 0 bridgehead atoms. The van der Waals surface area contributed by atoms with Gasteiger partial charge in [0.15, 0.2) is 0 Å². The molecular weight excluding hydrogens is 297 g/mol. The third-order valence-electron chi connectivity index (χ3n) is 4.56. The number of hydrogen-bond acceptors (Lipinski definition) is 3. The quantitative estimate of drug-likeness (QED) is 0.862. The lowest BCUT2D eigenvalue weighted by Crippen LogP contribution is -2.44. The lowest BCUT2D eigenvalue weighted by atomic mass is 10.0. The second kappa shape index (κ2) is 9.08. The zero-order chi connectivity index (χ0) is 13.1. The Morgan fingerprint density at radius 2 is 1.70 bits per heavy atom. The first-order valence-electron chi connectivity index (χ1n) is 7.38. The van der Waals surface area contributed by atoms with E-state index in [1.54, 1.807) is 0 Å². The van der Waals surface area contributed by atoms with Crippen LogP contribution >= 0.6 is 24.8 Å². The van der Waals surface area contributed by atoms with Crippen LogP contribution in [0.5, 0.6) is 0 Å². The van der Waals surface area contributed by atoms with Crippen molar-refractivity contribution >= 4 is 30.7 Å². The molecule has 2 fully saturated rings. The number of amides is 1. The Morgan fingerprint density at radius 3 is 2.25 bits per heavy atom. The van der Waals surface area contributed by atoms with Crippen LogP contribution in [0.2, 0.25) is 0 Å². The molecule has 2 rings (SSSR count). The molecule has 6 heteroatoms. The molecule has 0 aromatic rings. The summed E-state index contributed by atoms with van der Waals surface area (Å²) in [5, 5.41) is 0. The largest absolute Gasteiger partial charge is 0.341 e. The summed E-state index contributed by atoms with van der Waals surface area (Å²) in [4.78, 5) is 16.8. The van der Waals surface area contributed by atoms with E-state index < -0.39 is 0 Å². The molecule has 120 valence electrons. The number of nitrogens with zero attached hydrogens (tertiary/aromatic N) is 2. The van der Waals surface area contributed by atoms with Gasteiger partial charge < -0.3 is 10.6 Å². The van der Waals surface area contributed by atoms with Gasteiger partial charge in [0.1, 0.15) is 0 Å². The van der Waals surface area contributed by atoms with Gasteiger partial charge in [-0.25, -0.2) is 0 Å². The van der Waals surface area contributed by atoms with Crippen molar-refractivity contribution in [1.82, 2.24) is 9.80 Å². The highest BCUT2D eigenvalue weighted by Gasteiger charge is 2.33. The van der Waals surface area contributed by atoms with E-state index in [2.05, 4.69) is 4.90 Å². The van der Waals surface area contributed by atoms with Crippen LogP contribution in [0, 0.1) is 5.92 Å². The van der Waals surface area contributed by atoms with Crippen molar-refractivity contribution in [3.05, 3.63) is 0 Å². The van der Waals surface area contributed by atoms with Crippen LogP contribution < -0.4 is 5.73 Å². The fourth-order valence-corrected chi connectivity index (χ4v) is 3.04. The molecule has 2 heterocycles. The van der Waals surface area contributed by atoms with E-state index in [9.17, 15) is 4.79 Å². The van der Waals surface area contributed by atoms with E-state index in [0.29, 0.717) is 6.04 Å². The number of likely N-dealkylation sites (tertiary alicyclic amines) is 2. The average molecular weight is 326 g/mol. The number of rotatable bonds is 3. The van der Waals surface area contributed by atoms with Crippen molar-refractivity contribution in [2.75, 3.05) is 26.2 Å². The molecule has 0 aromatic heterocycles. The van der Waals surface area contributed by atoms with E-state index in [1.807, 2.05) is 18.7 Å². The summed E-state index contributed by atoms with van der Waals surface area (Å²) in [6.45, 7) is 8.13. The Labute approximate surface area is 135 Å². The third-order valence-corrected chi connectivity index (χ3v) is 4.56. The Hall–Kier alpha value is -0.0300. The van der Waals surface area contributed by atoms with Crippen molar-refractivity contribution in [2.24, 2.45) is 11.7 Å². The van der Waals surface area contributed by atoms with Crippen LogP contribution in [0.25, 0.3) is 0 Å². The molecular formula is C14H29Cl2N3O. The molecule has 2 aliphatic rings. The van der Waals surface area contributed by atoms with Crippen LogP contribution in [0.1, 0.15) is 39.5 Å². The fraction of sp³-hybridized carbons (Fsp3) is 0.929. The number of halogens is 2. The van der Waals surface area contributed by atoms with E-state index in [-0.39, 0.29) is 42.7 Å². The molecule has 0 radical (unpaired) electrons. The monoisotopic (exact) mass is 325 g/mol. The maximum absolute atomic E-state index is 12.2. The number of piperidine rings is 1. The summed E-state index contributed by atoms with van der Waals surface area (Å²) in [7, 11) is 0. The predicted octanol–water partition coefficient (Wildman–Crippen LogP) is 1.90.